The van der Waals surface area contributed by atoms with Gasteiger partial charge in [-0.1, -0.05) is 20.8 Å². The molecule has 1 N–H and O–H groups in total. The van der Waals surface area contributed by atoms with E-state index < -0.39 is 22.6 Å². The van der Waals surface area contributed by atoms with Crippen LogP contribution in [0.25, 0.3) is 0 Å². The second-order valence-electron chi connectivity index (χ2n) is 9.29. The minimum atomic E-state index is -1.37. The standard InChI is InChI=1S/C18H36O6/c1-13(2)17(20-19)11-10-14(3)12-18(17,23-21-15(4,5)6)24-22-16(7,8)9/h13-14,19H,10-12H2,1-9H3. The summed E-state index contributed by atoms with van der Waals surface area (Å²) in [6.07, 6.45) is 1.94. The van der Waals surface area contributed by atoms with Gasteiger partial charge in [-0.05, 0) is 66.2 Å². The summed E-state index contributed by atoms with van der Waals surface area (Å²) in [5.41, 5.74) is -2.18. The lowest BCUT2D eigenvalue weighted by Crippen LogP contribution is -2.65. The largest absolute Gasteiger partial charge is 0.266 e. The molecule has 144 valence electrons. The fourth-order valence-corrected chi connectivity index (χ4v) is 2.94. The number of hydrogen-bond acceptors (Lipinski definition) is 6. The molecule has 0 amide bonds. The second kappa shape index (κ2) is 7.56. The lowest BCUT2D eigenvalue weighted by Gasteiger charge is -2.52. The molecule has 0 radical (unpaired) electrons. The lowest BCUT2D eigenvalue weighted by atomic mass is 9.69. The molecule has 2 unspecified atom stereocenters. The van der Waals surface area contributed by atoms with E-state index in [-0.39, 0.29) is 5.92 Å². The third kappa shape index (κ3) is 5.13. The van der Waals surface area contributed by atoms with Crippen molar-refractivity contribution < 1.29 is 29.7 Å². The van der Waals surface area contributed by atoms with Crippen LogP contribution in [0.5, 0.6) is 0 Å². The average Bonchev–Trinajstić information content (AvgIpc) is 2.42. The predicted molar refractivity (Wildman–Crippen MR) is 90.9 cm³/mol. The molecule has 1 aliphatic carbocycles. The van der Waals surface area contributed by atoms with E-state index in [0.717, 1.165) is 6.42 Å². The molecule has 0 spiro atoms. The molecule has 0 aromatic heterocycles. The fourth-order valence-electron chi connectivity index (χ4n) is 2.94. The highest BCUT2D eigenvalue weighted by Gasteiger charge is 2.63. The van der Waals surface area contributed by atoms with Crippen molar-refractivity contribution in [3.63, 3.8) is 0 Å². The van der Waals surface area contributed by atoms with Crippen LogP contribution in [0.3, 0.4) is 0 Å². The van der Waals surface area contributed by atoms with Gasteiger partial charge in [0.15, 0.2) is 5.60 Å². The summed E-state index contributed by atoms with van der Waals surface area (Å²) in [6.45, 7) is 17.3. The van der Waals surface area contributed by atoms with Crippen LogP contribution in [0.1, 0.15) is 81.6 Å². The van der Waals surface area contributed by atoms with Gasteiger partial charge in [-0.2, -0.15) is 9.78 Å². The van der Waals surface area contributed by atoms with Gasteiger partial charge in [0.2, 0.25) is 0 Å². The molecular weight excluding hydrogens is 312 g/mol. The van der Waals surface area contributed by atoms with Crippen molar-refractivity contribution in [2.75, 3.05) is 0 Å². The summed E-state index contributed by atoms with van der Waals surface area (Å²) in [6, 6.07) is 0. The van der Waals surface area contributed by atoms with Crippen LogP contribution >= 0.6 is 0 Å². The Bertz CT molecular complexity index is 377. The summed E-state index contributed by atoms with van der Waals surface area (Å²) < 4.78 is 0. The van der Waals surface area contributed by atoms with Gasteiger partial charge >= 0.3 is 0 Å². The zero-order chi connectivity index (χ0) is 18.8. The van der Waals surface area contributed by atoms with E-state index >= 15 is 0 Å². The number of hydrogen-bond donors (Lipinski definition) is 1. The van der Waals surface area contributed by atoms with Gasteiger partial charge in [0.25, 0.3) is 5.79 Å². The van der Waals surface area contributed by atoms with Gasteiger partial charge < -0.3 is 0 Å². The Morgan fingerprint density at radius 3 is 1.75 bits per heavy atom. The lowest BCUT2D eigenvalue weighted by molar-refractivity contribution is -0.593. The van der Waals surface area contributed by atoms with E-state index in [9.17, 15) is 5.26 Å². The Balaban J connectivity index is 3.25. The van der Waals surface area contributed by atoms with Crippen LogP contribution in [-0.4, -0.2) is 27.8 Å². The van der Waals surface area contributed by atoms with Crippen LogP contribution in [0.2, 0.25) is 0 Å². The molecule has 24 heavy (non-hydrogen) atoms. The maximum absolute atomic E-state index is 9.82. The van der Waals surface area contributed by atoms with Gasteiger partial charge in [0.1, 0.15) is 0 Å². The van der Waals surface area contributed by atoms with Crippen molar-refractivity contribution in [3.05, 3.63) is 0 Å². The van der Waals surface area contributed by atoms with Crippen molar-refractivity contribution in [1.82, 2.24) is 0 Å². The number of rotatable bonds is 6. The van der Waals surface area contributed by atoms with Crippen molar-refractivity contribution in [1.29, 1.82) is 0 Å². The predicted octanol–water partition coefficient (Wildman–Crippen LogP) is 4.88. The highest BCUT2D eigenvalue weighted by molar-refractivity contribution is 5.01. The summed E-state index contributed by atoms with van der Waals surface area (Å²) >= 11 is 0. The molecule has 6 heteroatoms. The third-order valence-electron chi connectivity index (χ3n) is 4.22. The third-order valence-corrected chi connectivity index (χ3v) is 4.22. The molecule has 0 saturated heterocycles. The first kappa shape index (κ1) is 21.8. The maximum atomic E-state index is 9.82. The first-order chi connectivity index (χ1) is 10.8. The molecule has 1 rings (SSSR count). The molecule has 0 aliphatic heterocycles. The van der Waals surface area contributed by atoms with Gasteiger partial charge in [0.05, 0.1) is 11.2 Å². The van der Waals surface area contributed by atoms with E-state index in [0.29, 0.717) is 18.8 Å². The monoisotopic (exact) mass is 348 g/mol. The van der Waals surface area contributed by atoms with Gasteiger partial charge in [-0.25, -0.2) is 14.7 Å². The Hall–Kier alpha value is -0.240. The second-order valence-corrected chi connectivity index (χ2v) is 9.29. The van der Waals surface area contributed by atoms with Gasteiger partial charge in [-0.3, -0.25) is 5.26 Å². The summed E-state index contributed by atoms with van der Waals surface area (Å²) in [7, 11) is 0. The van der Waals surface area contributed by atoms with E-state index in [4.69, 9.17) is 24.4 Å². The first-order valence-corrected chi connectivity index (χ1v) is 8.83. The topological polar surface area (TPSA) is 66.4 Å². The molecule has 1 fully saturated rings. The van der Waals surface area contributed by atoms with Gasteiger partial charge in [0, 0.05) is 6.42 Å². The molecule has 2 atom stereocenters. The molecule has 0 bridgehead atoms. The molecule has 6 nitrogen and oxygen atoms in total. The van der Waals surface area contributed by atoms with Crippen LogP contribution < -0.4 is 0 Å². The molecule has 1 aliphatic rings. The van der Waals surface area contributed by atoms with Crippen molar-refractivity contribution >= 4 is 0 Å². The van der Waals surface area contributed by atoms with Crippen LogP contribution in [-0.2, 0) is 24.4 Å². The minimum Gasteiger partial charge on any atom is -0.251 e. The zero-order valence-electron chi connectivity index (χ0n) is 16.8. The van der Waals surface area contributed by atoms with Gasteiger partial charge in [-0.15, -0.1) is 0 Å². The Morgan fingerprint density at radius 1 is 0.958 bits per heavy atom. The Kier molecular flexibility index (Phi) is 6.87. The maximum Gasteiger partial charge on any atom is 0.266 e. The van der Waals surface area contributed by atoms with Crippen LogP contribution in [0.15, 0.2) is 0 Å². The Labute approximate surface area is 146 Å². The Morgan fingerprint density at radius 2 is 1.42 bits per heavy atom. The summed E-state index contributed by atoms with van der Waals surface area (Å²) in [4.78, 5) is 27.9. The highest BCUT2D eigenvalue weighted by Crippen LogP contribution is 2.50. The SMILES string of the molecule is CC1CCC(OO)(C(C)C)C(OOC(C)(C)C)(OOC(C)(C)C)C1. The summed E-state index contributed by atoms with van der Waals surface area (Å²) in [5.74, 6) is -1.14. The molecule has 1 saturated carbocycles. The van der Waals surface area contributed by atoms with Crippen molar-refractivity contribution in [3.8, 4) is 0 Å². The normalized spacial score (nSPS) is 28.4. The summed E-state index contributed by atoms with van der Waals surface area (Å²) in [5, 5.41) is 9.82. The molecule has 0 aromatic rings. The smallest absolute Gasteiger partial charge is 0.251 e. The molecule has 0 heterocycles. The average molecular weight is 348 g/mol. The van der Waals surface area contributed by atoms with E-state index in [1.165, 1.54) is 0 Å². The minimum absolute atomic E-state index is 0.0814. The van der Waals surface area contributed by atoms with Crippen molar-refractivity contribution in [2.45, 2.75) is 104 Å². The first-order valence-electron chi connectivity index (χ1n) is 8.83. The molecule has 0 aromatic carbocycles. The van der Waals surface area contributed by atoms with Crippen LogP contribution in [0.4, 0.5) is 0 Å². The molecular formula is C18H36O6. The highest BCUT2D eigenvalue weighted by atomic mass is 17.3. The van der Waals surface area contributed by atoms with Crippen LogP contribution in [0, 0.1) is 11.8 Å². The fraction of sp³-hybridized carbons (Fsp3) is 1.00. The van der Waals surface area contributed by atoms with Crippen molar-refractivity contribution in [2.24, 2.45) is 11.8 Å². The van der Waals surface area contributed by atoms with E-state index in [2.05, 4.69) is 6.92 Å². The van der Waals surface area contributed by atoms with E-state index in [1.807, 2.05) is 55.4 Å². The zero-order valence-corrected chi connectivity index (χ0v) is 16.8. The van der Waals surface area contributed by atoms with E-state index in [1.54, 1.807) is 0 Å². The quantitative estimate of drug-likeness (QED) is 0.419.